The predicted molar refractivity (Wildman–Crippen MR) is 96.0 cm³/mol. The molecule has 0 radical (unpaired) electrons. The first-order valence-electron chi connectivity index (χ1n) is 8.94. The van der Waals surface area contributed by atoms with Crippen LogP contribution in [0.4, 0.5) is 0 Å². The molecule has 1 saturated heterocycles. The van der Waals surface area contributed by atoms with E-state index in [1.807, 2.05) is 0 Å². The summed E-state index contributed by atoms with van der Waals surface area (Å²) in [5.74, 6) is -5.22. The summed E-state index contributed by atoms with van der Waals surface area (Å²) in [6, 6.07) is -1.10. The molecule has 0 bridgehead atoms. The Kier molecular flexibility index (Phi) is 9.79. The van der Waals surface area contributed by atoms with Crippen LogP contribution in [-0.4, -0.2) is 100 Å². The zero-order valence-electron chi connectivity index (χ0n) is 15.5. The summed E-state index contributed by atoms with van der Waals surface area (Å²) in [7, 11) is 0. The molecule has 0 spiro atoms. The molecule has 0 amide bonds. The first-order chi connectivity index (χ1) is 13.2. The van der Waals surface area contributed by atoms with Gasteiger partial charge in [0.25, 0.3) is 0 Å². The topological polar surface area (TPSA) is 189 Å². The van der Waals surface area contributed by atoms with Crippen LogP contribution in [-0.2, 0) is 19.2 Å². The Morgan fingerprint density at radius 1 is 0.821 bits per heavy atom. The molecule has 7 N–H and O–H groups in total. The van der Waals surface area contributed by atoms with Crippen LogP contribution in [0.15, 0.2) is 0 Å². The summed E-state index contributed by atoms with van der Waals surface area (Å²) in [4.78, 5) is 47.3. The van der Waals surface area contributed by atoms with Gasteiger partial charge in [-0.2, -0.15) is 0 Å². The van der Waals surface area contributed by atoms with Gasteiger partial charge in [-0.3, -0.25) is 24.1 Å². The van der Waals surface area contributed by atoms with Crippen LogP contribution in [0.1, 0.15) is 25.7 Å². The molecule has 1 rings (SSSR count). The summed E-state index contributed by atoms with van der Waals surface area (Å²) in [5, 5.41) is 46.6. The number of hydrogen-bond acceptors (Lipinski definition) is 8. The van der Waals surface area contributed by atoms with Crippen molar-refractivity contribution in [1.82, 2.24) is 20.9 Å². The maximum absolute atomic E-state index is 11.6. The van der Waals surface area contributed by atoms with Crippen LogP contribution < -0.4 is 16.0 Å². The van der Waals surface area contributed by atoms with E-state index >= 15 is 0 Å². The van der Waals surface area contributed by atoms with Crippen molar-refractivity contribution in [2.24, 2.45) is 0 Å². The smallest absolute Gasteiger partial charge is 0.317 e. The second-order valence-corrected chi connectivity index (χ2v) is 6.70. The first kappa shape index (κ1) is 23.8. The van der Waals surface area contributed by atoms with Gasteiger partial charge in [0.05, 0.1) is 31.3 Å². The van der Waals surface area contributed by atoms with E-state index in [-0.39, 0.29) is 13.2 Å². The molecule has 1 aliphatic heterocycles. The van der Waals surface area contributed by atoms with Crippen molar-refractivity contribution >= 4 is 23.9 Å². The SMILES string of the molecule is O=C(O)CC1NCCNCCCNCN(CC(=O)O)C1(CC(=O)O)CC(=O)O. The van der Waals surface area contributed by atoms with Gasteiger partial charge in [0.15, 0.2) is 0 Å². The number of carboxylic acid groups (broad SMARTS) is 4. The molecule has 0 aromatic heterocycles. The lowest BCUT2D eigenvalue weighted by Crippen LogP contribution is -2.66. The minimum atomic E-state index is -1.76. The molecule has 0 aromatic rings. The summed E-state index contributed by atoms with van der Waals surface area (Å²) < 4.78 is 0. The highest BCUT2D eigenvalue weighted by Gasteiger charge is 2.48. The van der Waals surface area contributed by atoms with Gasteiger partial charge in [-0.05, 0) is 19.5 Å². The minimum absolute atomic E-state index is 0.0926. The van der Waals surface area contributed by atoms with Crippen molar-refractivity contribution in [3.8, 4) is 0 Å². The second kappa shape index (κ2) is 11.5. The number of hydrogen-bond donors (Lipinski definition) is 7. The van der Waals surface area contributed by atoms with Crippen LogP contribution >= 0.6 is 0 Å². The quantitative estimate of drug-likeness (QED) is 0.237. The van der Waals surface area contributed by atoms with E-state index in [2.05, 4.69) is 16.0 Å². The number of carboxylic acids is 4. The van der Waals surface area contributed by atoms with E-state index in [0.717, 1.165) is 6.42 Å². The van der Waals surface area contributed by atoms with Gasteiger partial charge in [0.1, 0.15) is 0 Å². The number of rotatable bonds is 8. The van der Waals surface area contributed by atoms with Crippen molar-refractivity contribution in [3.63, 3.8) is 0 Å². The number of nitrogens with zero attached hydrogens (tertiary/aromatic N) is 1. The average Bonchev–Trinajstić information content (AvgIpc) is 2.54. The van der Waals surface area contributed by atoms with E-state index in [1.165, 1.54) is 4.90 Å². The molecule has 1 fully saturated rings. The lowest BCUT2D eigenvalue weighted by atomic mass is 9.79. The van der Waals surface area contributed by atoms with Gasteiger partial charge in [-0.1, -0.05) is 0 Å². The summed E-state index contributed by atoms with van der Waals surface area (Å²) in [6.07, 6.45) is -1.29. The molecule has 1 atom stereocenters. The van der Waals surface area contributed by atoms with E-state index in [4.69, 9.17) is 0 Å². The van der Waals surface area contributed by atoms with Crippen LogP contribution in [0.25, 0.3) is 0 Å². The monoisotopic (exact) mass is 404 g/mol. The Labute approximate surface area is 161 Å². The average molecular weight is 404 g/mol. The predicted octanol–water partition coefficient (Wildman–Crippen LogP) is -1.97. The zero-order valence-corrected chi connectivity index (χ0v) is 15.5. The summed E-state index contributed by atoms with van der Waals surface area (Å²) in [6.45, 7) is 1.19. The molecule has 0 saturated carbocycles. The fourth-order valence-corrected chi connectivity index (χ4v) is 3.45. The van der Waals surface area contributed by atoms with Crippen molar-refractivity contribution < 1.29 is 39.6 Å². The molecule has 1 heterocycles. The second-order valence-electron chi connectivity index (χ2n) is 6.70. The Balaban J connectivity index is 3.45. The van der Waals surface area contributed by atoms with Crippen LogP contribution in [0, 0.1) is 0 Å². The van der Waals surface area contributed by atoms with Gasteiger partial charge >= 0.3 is 23.9 Å². The van der Waals surface area contributed by atoms with E-state index in [0.29, 0.717) is 19.6 Å². The lowest BCUT2D eigenvalue weighted by molar-refractivity contribution is -0.154. The molecule has 160 valence electrons. The van der Waals surface area contributed by atoms with E-state index < -0.39 is 61.3 Å². The Hall–Kier alpha value is -2.28. The Morgan fingerprint density at radius 2 is 1.43 bits per heavy atom. The number of nitrogens with one attached hydrogen (secondary N) is 3. The molecule has 28 heavy (non-hydrogen) atoms. The third-order valence-corrected chi connectivity index (χ3v) is 4.60. The van der Waals surface area contributed by atoms with Gasteiger partial charge in [-0.25, -0.2) is 0 Å². The van der Waals surface area contributed by atoms with Crippen molar-refractivity contribution in [1.29, 1.82) is 0 Å². The van der Waals surface area contributed by atoms with Crippen molar-refractivity contribution in [2.75, 3.05) is 39.4 Å². The molecule has 12 heteroatoms. The number of carbonyl (C=O) groups is 4. The maximum Gasteiger partial charge on any atom is 0.317 e. The van der Waals surface area contributed by atoms with Gasteiger partial charge in [0.2, 0.25) is 0 Å². The Morgan fingerprint density at radius 3 is 1.96 bits per heavy atom. The van der Waals surface area contributed by atoms with Crippen LogP contribution in [0.5, 0.6) is 0 Å². The van der Waals surface area contributed by atoms with Crippen LogP contribution in [0.3, 0.4) is 0 Å². The molecular weight excluding hydrogens is 376 g/mol. The Bertz CT molecular complexity index is 523. The first-order valence-corrected chi connectivity index (χ1v) is 8.94. The van der Waals surface area contributed by atoms with Crippen molar-refractivity contribution in [2.45, 2.75) is 37.3 Å². The summed E-state index contributed by atoms with van der Waals surface area (Å²) in [5.41, 5.74) is -1.76. The largest absolute Gasteiger partial charge is 0.481 e. The fourth-order valence-electron chi connectivity index (χ4n) is 3.45. The highest BCUT2D eigenvalue weighted by atomic mass is 16.4. The van der Waals surface area contributed by atoms with Crippen LogP contribution in [0.2, 0.25) is 0 Å². The molecule has 0 aliphatic carbocycles. The van der Waals surface area contributed by atoms with Gasteiger partial charge in [-0.15, -0.1) is 0 Å². The normalized spacial score (nSPS) is 21.8. The minimum Gasteiger partial charge on any atom is -0.481 e. The van der Waals surface area contributed by atoms with Crippen molar-refractivity contribution in [3.05, 3.63) is 0 Å². The lowest BCUT2D eigenvalue weighted by Gasteiger charge is -2.47. The highest BCUT2D eigenvalue weighted by Crippen LogP contribution is 2.30. The van der Waals surface area contributed by atoms with Gasteiger partial charge < -0.3 is 36.4 Å². The molecular formula is C16H28N4O8. The molecule has 12 nitrogen and oxygen atoms in total. The standard InChI is InChI=1S/C16H28N4O8/c21-12(22)6-11-16(7-13(23)24,8-14(25)26)20(9-15(27)28)10-18-3-1-2-17-4-5-19-11/h11,17-19H,1-10H2,(H,21,22)(H,23,24)(H,25,26)(H,27,28). The zero-order chi connectivity index (χ0) is 21.2. The maximum atomic E-state index is 11.6. The molecule has 1 unspecified atom stereocenters. The third kappa shape index (κ3) is 7.76. The molecule has 0 aromatic carbocycles. The summed E-state index contributed by atoms with van der Waals surface area (Å²) >= 11 is 0. The highest BCUT2D eigenvalue weighted by molar-refractivity contribution is 5.76. The third-order valence-electron chi connectivity index (χ3n) is 4.60. The van der Waals surface area contributed by atoms with E-state index in [9.17, 15) is 39.6 Å². The number of aliphatic carboxylic acids is 4. The van der Waals surface area contributed by atoms with Gasteiger partial charge in [0, 0.05) is 25.8 Å². The fraction of sp³-hybridized carbons (Fsp3) is 0.750. The van der Waals surface area contributed by atoms with E-state index in [1.54, 1.807) is 0 Å². The molecule has 1 aliphatic rings.